The summed E-state index contributed by atoms with van der Waals surface area (Å²) in [5.41, 5.74) is 10.4. The van der Waals surface area contributed by atoms with Gasteiger partial charge in [-0.3, -0.25) is 0 Å². The van der Waals surface area contributed by atoms with Crippen LogP contribution in [-0.2, 0) is 0 Å². The van der Waals surface area contributed by atoms with Gasteiger partial charge in [-0.1, -0.05) is 158 Å². The van der Waals surface area contributed by atoms with Crippen molar-refractivity contribution in [2.75, 3.05) is 0 Å². The van der Waals surface area contributed by atoms with E-state index in [2.05, 4.69) is 84.9 Å². The molecular weight excluding hydrogens is 707 g/mol. The lowest BCUT2D eigenvalue weighted by molar-refractivity contribution is 0.669. The van der Waals surface area contributed by atoms with Gasteiger partial charge < -0.3 is 4.42 Å². The molecule has 4 aromatic heterocycles. The van der Waals surface area contributed by atoms with Crippen molar-refractivity contribution in [3.8, 4) is 67.9 Å². The van der Waals surface area contributed by atoms with Crippen LogP contribution in [-0.4, -0.2) is 24.9 Å². The van der Waals surface area contributed by atoms with Gasteiger partial charge in [0.1, 0.15) is 11.2 Å². The molecule has 7 aromatic carbocycles. The van der Waals surface area contributed by atoms with Crippen LogP contribution in [0.1, 0.15) is 0 Å². The normalized spacial score (nSPS) is 11.6. The van der Waals surface area contributed by atoms with Gasteiger partial charge in [-0.25, -0.2) is 24.9 Å². The summed E-state index contributed by atoms with van der Waals surface area (Å²) in [7, 11) is 0. The van der Waals surface area contributed by atoms with Crippen LogP contribution in [0.2, 0.25) is 0 Å². The van der Waals surface area contributed by atoms with Crippen LogP contribution in [0.4, 0.5) is 0 Å². The maximum absolute atomic E-state index is 6.60. The molecule has 7 heteroatoms. The van der Waals surface area contributed by atoms with Crippen molar-refractivity contribution in [1.82, 2.24) is 24.9 Å². The lowest BCUT2D eigenvalue weighted by Gasteiger charge is -2.10. The second-order valence-electron chi connectivity index (χ2n) is 13.6. The average molecular weight is 736 g/mol. The summed E-state index contributed by atoms with van der Waals surface area (Å²) < 4.78 is 8.83. The summed E-state index contributed by atoms with van der Waals surface area (Å²) >= 11 is 1.73. The molecule has 0 aliphatic carbocycles. The second kappa shape index (κ2) is 13.2. The molecule has 0 saturated heterocycles. The summed E-state index contributed by atoms with van der Waals surface area (Å²) in [6, 6.07) is 59.7. The Balaban J connectivity index is 1.08. The fourth-order valence-corrected chi connectivity index (χ4v) is 8.68. The van der Waals surface area contributed by atoms with E-state index in [-0.39, 0.29) is 0 Å². The van der Waals surface area contributed by atoms with Crippen molar-refractivity contribution in [2.24, 2.45) is 0 Å². The minimum atomic E-state index is 0.615. The van der Waals surface area contributed by atoms with Gasteiger partial charge in [0.15, 0.2) is 23.3 Å². The van der Waals surface area contributed by atoms with Crippen LogP contribution in [0, 0.1) is 0 Å². The number of nitrogens with zero attached hydrogens (tertiary/aromatic N) is 5. The molecule has 56 heavy (non-hydrogen) atoms. The molecule has 0 radical (unpaired) electrons. The molecule has 0 aliphatic rings. The number of furan rings is 1. The van der Waals surface area contributed by atoms with Crippen molar-refractivity contribution >= 4 is 53.6 Å². The molecule has 0 atom stereocenters. The lowest BCUT2D eigenvalue weighted by Crippen LogP contribution is -2.00. The van der Waals surface area contributed by atoms with E-state index in [0.29, 0.717) is 23.3 Å². The van der Waals surface area contributed by atoms with E-state index in [4.69, 9.17) is 29.3 Å². The molecule has 262 valence electrons. The molecule has 0 bridgehead atoms. The van der Waals surface area contributed by atoms with E-state index in [0.717, 1.165) is 82.2 Å². The lowest BCUT2D eigenvalue weighted by atomic mass is 9.95. The van der Waals surface area contributed by atoms with E-state index < -0.39 is 0 Å². The van der Waals surface area contributed by atoms with Crippen LogP contribution >= 0.6 is 11.3 Å². The highest BCUT2D eigenvalue weighted by Gasteiger charge is 2.22. The molecular formula is C49H29N5OS. The molecule has 0 fully saturated rings. The van der Waals surface area contributed by atoms with Gasteiger partial charge in [0.2, 0.25) is 0 Å². The Bertz CT molecular complexity index is 3180. The van der Waals surface area contributed by atoms with E-state index in [1.54, 1.807) is 11.3 Å². The van der Waals surface area contributed by atoms with Crippen LogP contribution in [0.15, 0.2) is 180 Å². The van der Waals surface area contributed by atoms with Crippen molar-refractivity contribution in [3.63, 3.8) is 0 Å². The first-order chi connectivity index (χ1) is 27.7. The molecule has 4 heterocycles. The zero-order valence-electron chi connectivity index (χ0n) is 29.8. The molecule has 0 aliphatic heterocycles. The van der Waals surface area contributed by atoms with Crippen molar-refractivity contribution in [1.29, 1.82) is 0 Å². The summed E-state index contributed by atoms with van der Waals surface area (Å²) in [4.78, 5) is 25.2. The number of rotatable bonds is 6. The Kier molecular flexibility index (Phi) is 7.57. The predicted octanol–water partition coefficient (Wildman–Crippen LogP) is 12.9. The Labute approximate surface area is 325 Å². The van der Waals surface area contributed by atoms with E-state index in [1.165, 1.54) is 4.70 Å². The van der Waals surface area contributed by atoms with Crippen molar-refractivity contribution in [3.05, 3.63) is 176 Å². The van der Waals surface area contributed by atoms with Gasteiger partial charge in [-0.15, -0.1) is 11.3 Å². The summed E-state index contributed by atoms with van der Waals surface area (Å²) in [6.45, 7) is 0. The topological polar surface area (TPSA) is 77.6 Å². The zero-order chi connectivity index (χ0) is 37.0. The Morgan fingerprint density at radius 2 is 0.821 bits per heavy atom. The molecule has 6 nitrogen and oxygen atoms in total. The molecule has 11 rings (SSSR count). The second-order valence-corrected chi connectivity index (χ2v) is 14.7. The SMILES string of the molecule is c1ccc(-c2nc(-c3ccccc3)nc(-c3ccc(-c4cccc5oc6cccc(-c7nc(-c8ccccc8)nc8c7sc7ccccc78)c6c45)cc3)n2)cc1. The molecule has 11 aromatic rings. The molecule has 0 spiro atoms. The van der Waals surface area contributed by atoms with Crippen LogP contribution in [0.3, 0.4) is 0 Å². The van der Waals surface area contributed by atoms with Crippen LogP contribution < -0.4 is 0 Å². The predicted molar refractivity (Wildman–Crippen MR) is 228 cm³/mol. The van der Waals surface area contributed by atoms with E-state index in [1.807, 2.05) is 91.0 Å². The number of hydrogen-bond acceptors (Lipinski definition) is 7. The van der Waals surface area contributed by atoms with Gasteiger partial charge >= 0.3 is 0 Å². The van der Waals surface area contributed by atoms with Gasteiger partial charge in [0.25, 0.3) is 0 Å². The smallest absolute Gasteiger partial charge is 0.164 e. The van der Waals surface area contributed by atoms with Gasteiger partial charge in [0, 0.05) is 48.7 Å². The van der Waals surface area contributed by atoms with E-state index >= 15 is 0 Å². The van der Waals surface area contributed by atoms with Gasteiger partial charge in [0.05, 0.1) is 15.9 Å². The third-order valence-corrected chi connectivity index (χ3v) is 11.3. The molecule has 0 saturated carbocycles. The highest BCUT2D eigenvalue weighted by molar-refractivity contribution is 7.26. The molecule has 0 amide bonds. The minimum Gasteiger partial charge on any atom is -0.456 e. The number of fused-ring (bicyclic) bond motifs is 6. The van der Waals surface area contributed by atoms with E-state index in [9.17, 15) is 0 Å². The number of thiophene rings is 1. The molecule has 0 unspecified atom stereocenters. The van der Waals surface area contributed by atoms with Gasteiger partial charge in [-0.2, -0.15) is 0 Å². The first-order valence-corrected chi connectivity index (χ1v) is 19.2. The largest absolute Gasteiger partial charge is 0.456 e. The number of aromatic nitrogens is 5. The van der Waals surface area contributed by atoms with Crippen LogP contribution in [0.25, 0.3) is 110 Å². The highest BCUT2D eigenvalue weighted by atomic mass is 32.1. The summed E-state index contributed by atoms with van der Waals surface area (Å²) in [6.07, 6.45) is 0. The Morgan fingerprint density at radius 1 is 0.357 bits per heavy atom. The monoisotopic (exact) mass is 735 g/mol. The maximum atomic E-state index is 6.60. The average Bonchev–Trinajstić information content (AvgIpc) is 3.86. The standard InChI is InChI=1S/C49H29N5OS/c1-4-14-31(15-5-1)46-50-43-36-20-10-11-25-40(36)56-45(43)44(51-46)37-22-13-24-39-42(37)41-35(21-12-23-38(41)55-39)30-26-28-34(29-27-30)49-53-47(32-16-6-2-7-17-32)52-48(54-49)33-18-8-3-9-19-33/h1-29H. The number of benzene rings is 7. The zero-order valence-corrected chi connectivity index (χ0v) is 30.6. The minimum absolute atomic E-state index is 0.615. The van der Waals surface area contributed by atoms with Crippen molar-refractivity contribution < 1.29 is 4.42 Å². The van der Waals surface area contributed by atoms with Crippen molar-refractivity contribution in [2.45, 2.75) is 0 Å². The Morgan fingerprint density at radius 3 is 1.41 bits per heavy atom. The summed E-state index contributed by atoms with van der Waals surface area (Å²) in [5.74, 6) is 2.58. The molecule has 0 N–H and O–H groups in total. The summed E-state index contributed by atoms with van der Waals surface area (Å²) in [5, 5.41) is 3.19. The fourth-order valence-electron chi connectivity index (χ4n) is 7.53. The third kappa shape index (κ3) is 5.44. The Hall–Kier alpha value is -7.35. The fraction of sp³-hybridized carbons (Fsp3) is 0. The highest BCUT2D eigenvalue weighted by Crippen LogP contribution is 2.45. The quantitative estimate of drug-likeness (QED) is 0.169. The van der Waals surface area contributed by atoms with Gasteiger partial charge in [-0.05, 0) is 29.3 Å². The maximum Gasteiger partial charge on any atom is 0.164 e. The first-order valence-electron chi connectivity index (χ1n) is 18.4. The number of hydrogen-bond donors (Lipinski definition) is 0. The third-order valence-electron chi connectivity index (χ3n) is 10.2. The van der Waals surface area contributed by atoms with Crippen LogP contribution in [0.5, 0.6) is 0 Å². The first kappa shape index (κ1) is 32.1.